The van der Waals surface area contributed by atoms with Gasteiger partial charge in [0.25, 0.3) is 0 Å². The Hall–Kier alpha value is -7.22. The third-order valence-electron chi connectivity index (χ3n) is 12.4. The van der Waals surface area contributed by atoms with Crippen LogP contribution in [0.25, 0.3) is 65.7 Å². The van der Waals surface area contributed by atoms with Crippen LogP contribution in [0.4, 0.5) is 17.1 Å². The van der Waals surface area contributed by atoms with Crippen LogP contribution >= 0.6 is 0 Å². The standard InChI is InChI=1S/C55H35N/c1-2-14-39-33-44(31-28-36(39)12-1)56(54-23-11-15-38-13-3-4-16-45(38)54)43-29-26-37(27-30-43)40-24-25-41-35-53-49(34-42(41)32-40)48-19-7-10-22-52(48)55(53)50-20-8-5-17-46(50)47-18-6-9-21-51(47)55/h1-35H. The lowest BCUT2D eigenvalue weighted by Crippen LogP contribution is -2.25. The van der Waals surface area contributed by atoms with Gasteiger partial charge in [0.05, 0.1) is 11.1 Å². The van der Waals surface area contributed by atoms with Crippen molar-refractivity contribution in [2.45, 2.75) is 5.41 Å². The van der Waals surface area contributed by atoms with Crippen molar-refractivity contribution >= 4 is 49.4 Å². The minimum atomic E-state index is -0.331. The van der Waals surface area contributed by atoms with Crippen LogP contribution in [0.5, 0.6) is 0 Å². The van der Waals surface area contributed by atoms with Crippen molar-refractivity contribution in [1.82, 2.24) is 0 Å². The Morgan fingerprint density at radius 3 is 1.55 bits per heavy atom. The topological polar surface area (TPSA) is 3.24 Å². The lowest BCUT2D eigenvalue weighted by atomic mass is 9.70. The van der Waals surface area contributed by atoms with Crippen LogP contribution in [0.15, 0.2) is 212 Å². The maximum Gasteiger partial charge on any atom is 0.0725 e. The van der Waals surface area contributed by atoms with Gasteiger partial charge in [-0.05, 0) is 131 Å². The second-order valence-electron chi connectivity index (χ2n) is 15.3. The molecule has 1 spiro atoms. The molecule has 0 unspecified atom stereocenters. The molecule has 10 aromatic carbocycles. The van der Waals surface area contributed by atoms with Gasteiger partial charge in [-0.15, -0.1) is 0 Å². The molecule has 0 fully saturated rings. The number of nitrogens with zero attached hydrogens (tertiary/aromatic N) is 1. The average Bonchev–Trinajstić information content (AvgIpc) is 3.73. The molecule has 56 heavy (non-hydrogen) atoms. The number of anilines is 3. The molecule has 0 saturated heterocycles. The molecule has 0 bridgehead atoms. The van der Waals surface area contributed by atoms with E-state index in [-0.39, 0.29) is 5.41 Å². The zero-order chi connectivity index (χ0) is 36.8. The zero-order valence-corrected chi connectivity index (χ0v) is 30.7. The normalized spacial score (nSPS) is 13.1. The maximum absolute atomic E-state index is 2.47. The van der Waals surface area contributed by atoms with E-state index in [1.165, 1.54) is 88.0 Å². The highest BCUT2D eigenvalue weighted by molar-refractivity contribution is 6.02. The first-order valence-corrected chi connectivity index (χ1v) is 19.5. The van der Waals surface area contributed by atoms with Gasteiger partial charge in [-0.3, -0.25) is 0 Å². The van der Waals surface area contributed by atoms with Crippen LogP contribution in [0.1, 0.15) is 22.3 Å². The fourth-order valence-electron chi connectivity index (χ4n) is 9.97. The number of benzene rings is 10. The first-order valence-electron chi connectivity index (χ1n) is 19.5. The van der Waals surface area contributed by atoms with Gasteiger partial charge < -0.3 is 4.90 Å². The minimum Gasteiger partial charge on any atom is -0.310 e. The Kier molecular flexibility index (Phi) is 6.62. The number of hydrogen-bond donors (Lipinski definition) is 0. The van der Waals surface area contributed by atoms with Gasteiger partial charge >= 0.3 is 0 Å². The molecule has 12 rings (SSSR count). The molecule has 2 aliphatic rings. The number of rotatable bonds is 4. The van der Waals surface area contributed by atoms with E-state index < -0.39 is 0 Å². The van der Waals surface area contributed by atoms with E-state index in [0.717, 1.165) is 17.1 Å². The van der Waals surface area contributed by atoms with Crippen LogP contribution < -0.4 is 4.90 Å². The lowest BCUT2D eigenvalue weighted by Gasteiger charge is -2.30. The molecule has 0 aromatic heterocycles. The van der Waals surface area contributed by atoms with Gasteiger partial charge in [0.2, 0.25) is 0 Å². The predicted octanol–water partition coefficient (Wildman–Crippen LogP) is 14.6. The van der Waals surface area contributed by atoms with Crippen LogP contribution in [0, 0.1) is 0 Å². The van der Waals surface area contributed by atoms with Gasteiger partial charge in [-0.25, -0.2) is 0 Å². The van der Waals surface area contributed by atoms with Crippen LogP contribution in [0.3, 0.4) is 0 Å². The molecule has 10 aromatic rings. The third kappa shape index (κ3) is 4.37. The highest BCUT2D eigenvalue weighted by Crippen LogP contribution is 2.63. The van der Waals surface area contributed by atoms with Crippen LogP contribution in [0.2, 0.25) is 0 Å². The van der Waals surface area contributed by atoms with Crippen LogP contribution in [-0.2, 0) is 5.41 Å². The zero-order valence-electron chi connectivity index (χ0n) is 30.7. The highest BCUT2D eigenvalue weighted by atomic mass is 15.1. The smallest absolute Gasteiger partial charge is 0.0725 e. The monoisotopic (exact) mass is 709 g/mol. The van der Waals surface area contributed by atoms with Gasteiger partial charge in [-0.2, -0.15) is 0 Å². The predicted molar refractivity (Wildman–Crippen MR) is 235 cm³/mol. The summed E-state index contributed by atoms with van der Waals surface area (Å²) in [5, 5.41) is 7.43. The number of hydrogen-bond acceptors (Lipinski definition) is 1. The second-order valence-corrected chi connectivity index (χ2v) is 15.3. The van der Waals surface area contributed by atoms with E-state index in [9.17, 15) is 0 Å². The van der Waals surface area contributed by atoms with Crippen LogP contribution in [-0.4, -0.2) is 0 Å². The van der Waals surface area contributed by atoms with Crippen molar-refractivity contribution in [2.24, 2.45) is 0 Å². The molecule has 2 aliphatic carbocycles. The molecule has 0 heterocycles. The maximum atomic E-state index is 2.47. The molecule has 0 radical (unpaired) electrons. The molecular formula is C55H35N. The molecule has 0 N–H and O–H groups in total. The Balaban J connectivity index is 0.984. The SMILES string of the molecule is c1ccc2c(c1)-c1ccccc1C21c2ccccc2-c2cc3cc(-c4ccc(N(c5ccc6ccccc6c5)c5cccc6ccccc56)cc4)ccc3cc21. The summed E-state index contributed by atoms with van der Waals surface area (Å²) >= 11 is 0. The first-order chi connectivity index (χ1) is 27.8. The molecule has 0 amide bonds. The lowest BCUT2D eigenvalue weighted by molar-refractivity contribution is 0.795. The second kappa shape index (κ2) is 11.9. The van der Waals surface area contributed by atoms with E-state index in [2.05, 4.69) is 217 Å². The summed E-state index contributed by atoms with van der Waals surface area (Å²) in [6.45, 7) is 0. The summed E-state index contributed by atoms with van der Waals surface area (Å²) in [5.74, 6) is 0. The van der Waals surface area contributed by atoms with Crippen molar-refractivity contribution in [2.75, 3.05) is 4.90 Å². The highest BCUT2D eigenvalue weighted by Gasteiger charge is 2.51. The Morgan fingerprint density at radius 1 is 0.286 bits per heavy atom. The fraction of sp³-hybridized carbons (Fsp3) is 0.0182. The third-order valence-corrected chi connectivity index (χ3v) is 12.4. The van der Waals surface area contributed by atoms with E-state index in [0.29, 0.717) is 0 Å². The summed E-state index contributed by atoms with van der Waals surface area (Å²) in [7, 11) is 0. The van der Waals surface area contributed by atoms with Crippen molar-refractivity contribution < 1.29 is 0 Å². The van der Waals surface area contributed by atoms with E-state index in [1.807, 2.05) is 0 Å². The quantitative estimate of drug-likeness (QED) is 0.176. The molecular weight excluding hydrogens is 675 g/mol. The largest absolute Gasteiger partial charge is 0.310 e. The molecule has 0 saturated carbocycles. The molecule has 260 valence electrons. The first kappa shape index (κ1) is 31.2. The van der Waals surface area contributed by atoms with E-state index >= 15 is 0 Å². The van der Waals surface area contributed by atoms with Crippen molar-refractivity contribution in [3.63, 3.8) is 0 Å². The summed E-state index contributed by atoms with van der Waals surface area (Å²) in [6, 6.07) is 78.7. The van der Waals surface area contributed by atoms with Crippen molar-refractivity contribution in [3.05, 3.63) is 235 Å². The molecule has 0 aliphatic heterocycles. The molecule has 1 nitrogen and oxygen atoms in total. The number of fused-ring (bicyclic) bond motifs is 13. The van der Waals surface area contributed by atoms with Gasteiger partial charge in [0.1, 0.15) is 0 Å². The summed E-state index contributed by atoms with van der Waals surface area (Å²) in [4.78, 5) is 2.40. The van der Waals surface area contributed by atoms with Gasteiger partial charge in [0.15, 0.2) is 0 Å². The summed E-state index contributed by atoms with van der Waals surface area (Å²) in [5.41, 5.74) is 16.3. The van der Waals surface area contributed by atoms with Crippen molar-refractivity contribution in [3.8, 4) is 33.4 Å². The molecule has 0 atom stereocenters. The Labute approximate surface area is 326 Å². The fourth-order valence-corrected chi connectivity index (χ4v) is 9.97. The van der Waals surface area contributed by atoms with Gasteiger partial charge in [0, 0.05) is 16.8 Å². The summed E-state index contributed by atoms with van der Waals surface area (Å²) in [6.07, 6.45) is 0. The Bertz CT molecular complexity index is 3160. The van der Waals surface area contributed by atoms with Gasteiger partial charge in [-0.1, -0.05) is 164 Å². The Morgan fingerprint density at radius 2 is 0.821 bits per heavy atom. The molecule has 1 heteroatoms. The van der Waals surface area contributed by atoms with E-state index in [1.54, 1.807) is 0 Å². The van der Waals surface area contributed by atoms with E-state index in [4.69, 9.17) is 0 Å². The summed E-state index contributed by atoms with van der Waals surface area (Å²) < 4.78 is 0. The minimum absolute atomic E-state index is 0.331. The van der Waals surface area contributed by atoms with Crippen molar-refractivity contribution in [1.29, 1.82) is 0 Å². The average molecular weight is 710 g/mol.